The highest BCUT2D eigenvalue weighted by molar-refractivity contribution is 5.71. The van der Waals surface area contributed by atoms with Crippen LogP contribution in [0.5, 0.6) is 0 Å². The molecule has 3 aliphatic rings. The van der Waals surface area contributed by atoms with Crippen LogP contribution in [0, 0.1) is 5.41 Å². The average molecular weight is 404 g/mol. The average Bonchev–Trinajstić information content (AvgIpc) is 2.87. The number of allylic oxidation sites excluding steroid dienone is 10. The summed E-state index contributed by atoms with van der Waals surface area (Å²) in [7, 11) is 0. The Bertz CT molecular complexity index is 1130. The quantitative estimate of drug-likeness (QED) is 0.504. The summed E-state index contributed by atoms with van der Waals surface area (Å²) in [4.78, 5) is 2.42. The van der Waals surface area contributed by atoms with Gasteiger partial charge in [0.2, 0.25) is 0 Å². The molecule has 31 heavy (non-hydrogen) atoms. The van der Waals surface area contributed by atoms with Gasteiger partial charge in [0.15, 0.2) is 0 Å². The molecule has 3 aliphatic carbocycles. The van der Waals surface area contributed by atoms with Crippen molar-refractivity contribution >= 4 is 11.4 Å². The van der Waals surface area contributed by atoms with Gasteiger partial charge in [-0.25, -0.2) is 0 Å². The topological polar surface area (TPSA) is 3.24 Å². The molecule has 5 rings (SSSR count). The van der Waals surface area contributed by atoms with Gasteiger partial charge in [-0.1, -0.05) is 98.9 Å². The Morgan fingerprint density at radius 3 is 2.00 bits per heavy atom. The van der Waals surface area contributed by atoms with Gasteiger partial charge in [-0.2, -0.15) is 0 Å². The fourth-order valence-electron chi connectivity index (χ4n) is 4.82. The van der Waals surface area contributed by atoms with Crippen LogP contribution < -0.4 is 4.90 Å². The second-order valence-corrected chi connectivity index (χ2v) is 9.45. The van der Waals surface area contributed by atoms with E-state index in [-0.39, 0.29) is 11.0 Å². The lowest BCUT2D eigenvalue weighted by Gasteiger charge is -2.39. The van der Waals surface area contributed by atoms with E-state index in [4.69, 9.17) is 0 Å². The molecule has 1 nitrogen and oxygen atoms in total. The number of para-hydroxylation sites is 2. The van der Waals surface area contributed by atoms with E-state index in [1.54, 1.807) is 0 Å². The summed E-state index contributed by atoms with van der Waals surface area (Å²) < 4.78 is 0. The molecule has 0 aromatic heterocycles. The lowest BCUT2D eigenvalue weighted by molar-refractivity contribution is 0.624. The largest absolute Gasteiger partial charge is 0.329 e. The summed E-state index contributed by atoms with van der Waals surface area (Å²) in [5.41, 5.74) is 7.74. The first-order valence-electron chi connectivity index (χ1n) is 11.1. The number of nitrogens with zero attached hydrogens (tertiary/aromatic N) is 1. The van der Waals surface area contributed by atoms with Crippen LogP contribution in [0.3, 0.4) is 0 Å². The molecule has 0 amide bonds. The highest BCUT2D eigenvalue weighted by Gasteiger charge is 2.32. The van der Waals surface area contributed by atoms with Crippen molar-refractivity contribution in [3.63, 3.8) is 0 Å². The van der Waals surface area contributed by atoms with Crippen LogP contribution >= 0.6 is 0 Å². The van der Waals surface area contributed by atoms with Crippen LogP contribution in [-0.4, -0.2) is 5.54 Å². The van der Waals surface area contributed by atoms with E-state index in [0.29, 0.717) is 0 Å². The third kappa shape index (κ3) is 3.65. The molecule has 2 aromatic rings. The third-order valence-corrected chi connectivity index (χ3v) is 6.42. The van der Waals surface area contributed by atoms with Gasteiger partial charge in [-0.05, 0) is 59.9 Å². The Morgan fingerprint density at radius 1 is 0.742 bits per heavy atom. The summed E-state index contributed by atoms with van der Waals surface area (Å²) in [5.74, 6) is 0. The van der Waals surface area contributed by atoms with Gasteiger partial charge in [-0.15, -0.1) is 0 Å². The fraction of sp³-hybridized carbons (Fsp3) is 0.200. The molecule has 2 aromatic carbocycles. The number of fused-ring (bicyclic) bond motifs is 2. The van der Waals surface area contributed by atoms with E-state index in [1.165, 1.54) is 33.7 Å². The molecule has 0 saturated carbocycles. The smallest absolute Gasteiger partial charge is 0.0795 e. The van der Waals surface area contributed by atoms with Crippen LogP contribution in [0.2, 0.25) is 0 Å². The molecule has 1 unspecified atom stereocenters. The Hall–Kier alpha value is -3.32. The van der Waals surface area contributed by atoms with Crippen molar-refractivity contribution in [2.75, 3.05) is 4.90 Å². The predicted molar refractivity (Wildman–Crippen MR) is 132 cm³/mol. The molecular formula is C30H29N. The fourth-order valence-corrected chi connectivity index (χ4v) is 4.82. The molecule has 0 N–H and O–H groups in total. The van der Waals surface area contributed by atoms with Gasteiger partial charge in [0, 0.05) is 16.8 Å². The summed E-state index contributed by atoms with van der Waals surface area (Å²) in [6.45, 7) is 6.85. The summed E-state index contributed by atoms with van der Waals surface area (Å²) in [6, 6.07) is 21.4. The lowest BCUT2D eigenvalue weighted by Crippen LogP contribution is -2.40. The number of rotatable bonds is 3. The minimum atomic E-state index is -0.282. The normalized spacial score (nSPS) is 23.5. The van der Waals surface area contributed by atoms with Crippen molar-refractivity contribution in [3.8, 4) is 0 Å². The van der Waals surface area contributed by atoms with Gasteiger partial charge in [-0.3, -0.25) is 0 Å². The number of hydrogen-bond donors (Lipinski definition) is 0. The van der Waals surface area contributed by atoms with E-state index in [2.05, 4.69) is 135 Å². The van der Waals surface area contributed by atoms with Gasteiger partial charge < -0.3 is 4.90 Å². The Balaban J connectivity index is 1.59. The van der Waals surface area contributed by atoms with Crippen LogP contribution in [0.25, 0.3) is 0 Å². The zero-order chi connectivity index (χ0) is 21.5. The first-order chi connectivity index (χ1) is 15.0. The van der Waals surface area contributed by atoms with E-state index in [1.807, 2.05) is 0 Å². The summed E-state index contributed by atoms with van der Waals surface area (Å²) >= 11 is 0. The zero-order valence-corrected chi connectivity index (χ0v) is 18.5. The lowest BCUT2D eigenvalue weighted by atomic mass is 9.88. The molecule has 0 heterocycles. The first kappa shape index (κ1) is 19.6. The maximum Gasteiger partial charge on any atom is 0.0795 e. The molecular weight excluding hydrogens is 374 g/mol. The number of hydrogen-bond acceptors (Lipinski definition) is 1. The van der Waals surface area contributed by atoms with Crippen molar-refractivity contribution < 1.29 is 0 Å². The molecule has 0 radical (unpaired) electrons. The Labute approximate surface area is 186 Å². The molecule has 0 fully saturated rings. The van der Waals surface area contributed by atoms with Gasteiger partial charge in [0.05, 0.1) is 5.54 Å². The van der Waals surface area contributed by atoms with Crippen LogP contribution in [0.1, 0.15) is 27.2 Å². The van der Waals surface area contributed by atoms with Crippen molar-refractivity contribution in [2.24, 2.45) is 5.41 Å². The van der Waals surface area contributed by atoms with E-state index in [9.17, 15) is 0 Å². The highest BCUT2D eigenvalue weighted by atomic mass is 15.2. The highest BCUT2D eigenvalue weighted by Crippen LogP contribution is 2.45. The minimum Gasteiger partial charge on any atom is -0.329 e. The van der Waals surface area contributed by atoms with Crippen molar-refractivity contribution in [2.45, 2.75) is 32.7 Å². The van der Waals surface area contributed by atoms with Crippen LogP contribution in [-0.2, 0) is 0 Å². The third-order valence-electron chi connectivity index (χ3n) is 6.42. The standard InChI is InChI=1S/C30H29N/c1-29(2)18-10-11-23-21-24-16-19-30(3,20-17-27(24)28(23)22-29)31(25-12-6-4-7-13-25)26-14-8-5-9-15-26/h4-20,22H,21H2,1-3H3. The van der Waals surface area contributed by atoms with E-state index in [0.717, 1.165) is 6.42 Å². The molecule has 0 bridgehead atoms. The molecule has 0 aliphatic heterocycles. The van der Waals surface area contributed by atoms with Crippen molar-refractivity contribution in [1.82, 2.24) is 0 Å². The van der Waals surface area contributed by atoms with Crippen LogP contribution in [0.4, 0.5) is 11.4 Å². The van der Waals surface area contributed by atoms with Gasteiger partial charge >= 0.3 is 0 Å². The number of anilines is 2. The molecule has 1 heteroatoms. The van der Waals surface area contributed by atoms with E-state index >= 15 is 0 Å². The second kappa shape index (κ2) is 7.42. The monoisotopic (exact) mass is 403 g/mol. The maximum absolute atomic E-state index is 2.43. The summed E-state index contributed by atoms with van der Waals surface area (Å²) in [6.07, 6.45) is 19.6. The van der Waals surface area contributed by atoms with Crippen molar-refractivity contribution in [1.29, 1.82) is 0 Å². The Kier molecular flexibility index (Phi) is 4.70. The van der Waals surface area contributed by atoms with Crippen molar-refractivity contribution in [3.05, 3.63) is 132 Å². The Morgan fingerprint density at radius 2 is 1.35 bits per heavy atom. The molecule has 154 valence electrons. The first-order valence-corrected chi connectivity index (χ1v) is 11.1. The molecule has 1 atom stereocenters. The second-order valence-electron chi connectivity index (χ2n) is 9.45. The predicted octanol–water partition coefficient (Wildman–Crippen LogP) is 7.86. The van der Waals surface area contributed by atoms with Gasteiger partial charge in [0.1, 0.15) is 0 Å². The molecule has 0 spiro atoms. The maximum atomic E-state index is 2.43. The number of benzene rings is 2. The van der Waals surface area contributed by atoms with E-state index < -0.39 is 0 Å². The van der Waals surface area contributed by atoms with Crippen LogP contribution in [0.15, 0.2) is 132 Å². The zero-order valence-electron chi connectivity index (χ0n) is 18.5. The summed E-state index contributed by atoms with van der Waals surface area (Å²) in [5, 5.41) is 0. The minimum absolute atomic E-state index is 0.0588. The van der Waals surface area contributed by atoms with Gasteiger partial charge in [0.25, 0.3) is 0 Å². The SMILES string of the molecule is CC1(C)C=CC=C2CC3=C(C=CC(C)(N(c4ccccc4)c4ccccc4)C=C3)C2=C1. The molecule has 0 saturated heterocycles.